The van der Waals surface area contributed by atoms with Gasteiger partial charge in [-0.3, -0.25) is 9.79 Å². The van der Waals surface area contributed by atoms with Gasteiger partial charge in [0.1, 0.15) is 16.4 Å². The number of hydrogen-bond donors (Lipinski definition) is 1. The average Bonchev–Trinajstić information content (AvgIpc) is 2.34. The zero-order valence-electron chi connectivity index (χ0n) is 11.6. The maximum Gasteiger partial charge on any atom is 0.283 e. The van der Waals surface area contributed by atoms with Gasteiger partial charge in [0.2, 0.25) is 0 Å². The smallest absolute Gasteiger partial charge is 0.266 e. The second-order valence-electron chi connectivity index (χ2n) is 4.22. The standard InChI is InChI=1S/C13H14ClFN2O3S/c1-4-11(16-8(2)3)13(18)17-21(19,20)12-9(14)6-5-7-10(12)15/h4-7H,1-3H3,(H,17,18)/b11-4-. The lowest BCUT2D eigenvalue weighted by Gasteiger charge is -2.09. The molecule has 0 saturated carbocycles. The minimum absolute atomic E-state index is 0.0916. The molecule has 0 spiro atoms. The molecule has 0 radical (unpaired) electrons. The van der Waals surface area contributed by atoms with Crippen molar-refractivity contribution in [2.45, 2.75) is 25.7 Å². The largest absolute Gasteiger partial charge is 0.283 e. The highest BCUT2D eigenvalue weighted by Gasteiger charge is 2.25. The molecule has 1 amide bonds. The number of benzene rings is 1. The molecule has 0 aliphatic heterocycles. The van der Waals surface area contributed by atoms with Crippen LogP contribution in [0.5, 0.6) is 0 Å². The molecule has 0 bridgehead atoms. The summed E-state index contributed by atoms with van der Waals surface area (Å²) < 4.78 is 39.5. The lowest BCUT2D eigenvalue weighted by Crippen LogP contribution is -2.32. The van der Waals surface area contributed by atoms with Crippen molar-refractivity contribution >= 4 is 33.2 Å². The van der Waals surface area contributed by atoms with Crippen LogP contribution in [0.4, 0.5) is 4.39 Å². The highest BCUT2D eigenvalue weighted by Crippen LogP contribution is 2.24. The highest BCUT2D eigenvalue weighted by atomic mass is 35.5. The van der Waals surface area contributed by atoms with Gasteiger partial charge in [0.05, 0.1) is 5.02 Å². The van der Waals surface area contributed by atoms with Gasteiger partial charge in [-0.25, -0.2) is 17.5 Å². The number of sulfonamides is 1. The molecule has 114 valence electrons. The summed E-state index contributed by atoms with van der Waals surface area (Å²) in [5, 5.41) is -0.312. The first kappa shape index (κ1) is 17.3. The van der Waals surface area contributed by atoms with E-state index in [1.807, 2.05) is 0 Å². The number of rotatable bonds is 4. The lowest BCUT2D eigenvalue weighted by molar-refractivity contribution is -0.115. The molecule has 1 aromatic carbocycles. The molecular weight excluding hydrogens is 319 g/mol. The number of hydrogen-bond acceptors (Lipinski definition) is 4. The molecule has 0 aliphatic rings. The molecule has 1 rings (SSSR count). The van der Waals surface area contributed by atoms with Crippen LogP contribution in [-0.4, -0.2) is 20.0 Å². The zero-order chi connectivity index (χ0) is 16.2. The molecule has 8 heteroatoms. The molecule has 0 fully saturated rings. The first-order chi connectivity index (χ1) is 9.69. The number of allylic oxidation sites excluding steroid dienone is 1. The molecule has 0 heterocycles. The normalized spacial score (nSPS) is 12.0. The summed E-state index contributed by atoms with van der Waals surface area (Å²) in [4.78, 5) is 15.0. The summed E-state index contributed by atoms with van der Waals surface area (Å²) in [6.45, 7) is 4.84. The van der Waals surface area contributed by atoms with Crippen molar-refractivity contribution in [3.8, 4) is 0 Å². The Morgan fingerprint density at radius 2 is 2.00 bits per heavy atom. The second kappa shape index (κ2) is 6.82. The number of carbonyl (C=O) groups is 1. The van der Waals surface area contributed by atoms with Crippen LogP contribution >= 0.6 is 11.6 Å². The Bertz CT molecular complexity index is 703. The highest BCUT2D eigenvalue weighted by molar-refractivity contribution is 7.90. The molecule has 0 unspecified atom stereocenters. The Labute approximate surface area is 127 Å². The Morgan fingerprint density at radius 1 is 1.38 bits per heavy atom. The van der Waals surface area contributed by atoms with Gasteiger partial charge in [0.25, 0.3) is 15.9 Å². The van der Waals surface area contributed by atoms with Crippen LogP contribution in [0.2, 0.25) is 5.02 Å². The van der Waals surface area contributed by atoms with Crippen LogP contribution < -0.4 is 4.72 Å². The summed E-state index contributed by atoms with van der Waals surface area (Å²) in [5.74, 6) is -2.00. The first-order valence-corrected chi connectivity index (χ1v) is 7.74. The number of halogens is 2. The van der Waals surface area contributed by atoms with E-state index in [0.717, 1.165) is 6.07 Å². The van der Waals surface area contributed by atoms with Gasteiger partial charge in [-0.2, -0.15) is 0 Å². The molecule has 5 nitrogen and oxygen atoms in total. The molecule has 1 aromatic rings. The van der Waals surface area contributed by atoms with Gasteiger partial charge in [-0.15, -0.1) is 0 Å². The Hall–Kier alpha value is -1.73. The molecule has 0 aromatic heterocycles. The van der Waals surface area contributed by atoms with Crippen molar-refractivity contribution in [1.82, 2.24) is 4.72 Å². The quantitative estimate of drug-likeness (QED) is 0.680. The van der Waals surface area contributed by atoms with Crippen LogP contribution in [0.25, 0.3) is 0 Å². The minimum Gasteiger partial charge on any atom is -0.266 e. The molecule has 1 N–H and O–H groups in total. The Morgan fingerprint density at radius 3 is 2.48 bits per heavy atom. The van der Waals surface area contributed by atoms with Crippen molar-refractivity contribution in [1.29, 1.82) is 0 Å². The van der Waals surface area contributed by atoms with Crippen LogP contribution in [0.15, 0.2) is 39.9 Å². The number of nitrogens with zero attached hydrogens (tertiary/aromatic N) is 1. The predicted molar refractivity (Wildman–Crippen MR) is 79.3 cm³/mol. The van der Waals surface area contributed by atoms with Crippen molar-refractivity contribution < 1.29 is 17.6 Å². The minimum atomic E-state index is -4.43. The van der Waals surface area contributed by atoms with E-state index in [4.69, 9.17) is 11.6 Å². The van der Waals surface area contributed by atoms with Crippen LogP contribution in [0.3, 0.4) is 0 Å². The second-order valence-corrected chi connectivity index (χ2v) is 6.24. The lowest BCUT2D eigenvalue weighted by atomic mass is 10.3. The van der Waals surface area contributed by atoms with Crippen LogP contribution in [0, 0.1) is 5.82 Å². The van der Waals surface area contributed by atoms with Crippen molar-refractivity contribution in [3.05, 3.63) is 40.8 Å². The number of carbonyl (C=O) groups excluding carboxylic acids is 1. The van der Waals surface area contributed by atoms with E-state index in [1.54, 1.807) is 18.6 Å². The molecule has 0 atom stereocenters. The van der Waals surface area contributed by atoms with E-state index in [-0.39, 0.29) is 10.7 Å². The fourth-order valence-corrected chi connectivity index (χ4v) is 3.02. The summed E-state index contributed by atoms with van der Waals surface area (Å²) >= 11 is 5.68. The SMILES string of the molecule is C/C=C(\N=C(C)C)C(=O)NS(=O)(=O)c1c(F)cccc1Cl. The maximum absolute atomic E-state index is 13.6. The molecular formula is C13H14ClFN2O3S. The van der Waals surface area contributed by atoms with E-state index in [1.165, 1.54) is 25.1 Å². The Balaban J connectivity index is 3.18. The van der Waals surface area contributed by atoms with Crippen LogP contribution in [-0.2, 0) is 14.8 Å². The van der Waals surface area contributed by atoms with Gasteiger partial charge < -0.3 is 0 Å². The van der Waals surface area contributed by atoms with Gasteiger partial charge in [0, 0.05) is 5.71 Å². The van der Waals surface area contributed by atoms with Gasteiger partial charge in [-0.1, -0.05) is 23.7 Å². The predicted octanol–water partition coefficient (Wildman–Crippen LogP) is 2.67. The fourth-order valence-electron chi connectivity index (χ4n) is 1.45. The van der Waals surface area contributed by atoms with E-state index in [2.05, 4.69) is 4.99 Å². The summed E-state index contributed by atoms with van der Waals surface area (Å²) in [6, 6.07) is 3.42. The first-order valence-electron chi connectivity index (χ1n) is 5.88. The summed E-state index contributed by atoms with van der Waals surface area (Å²) in [6.07, 6.45) is 1.35. The molecule has 0 saturated heterocycles. The van der Waals surface area contributed by atoms with Crippen LogP contribution in [0.1, 0.15) is 20.8 Å². The fraction of sp³-hybridized carbons (Fsp3) is 0.231. The Kier molecular flexibility index (Phi) is 5.62. The third-order valence-electron chi connectivity index (χ3n) is 2.26. The average molecular weight is 333 g/mol. The summed E-state index contributed by atoms with van der Waals surface area (Å²) in [5.41, 5.74) is 0.477. The zero-order valence-corrected chi connectivity index (χ0v) is 13.2. The number of amides is 1. The third-order valence-corrected chi connectivity index (χ3v) is 4.10. The number of aliphatic imine (C=N–C) groups is 1. The third kappa shape index (κ3) is 4.37. The van der Waals surface area contributed by atoms with Crippen molar-refractivity contribution in [3.63, 3.8) is 0 Å². The molecule has 0 aliphatic carbocycles. The van der Waals surface area contributed by atoms with Gasteiger partial charge in [0.15, 0.2) is 0 Å². The van der Waals surface area contributed by atoms with E-state index in [9.17, 15) is 17.6 Å². The van der Waals surface area contributed by atoms with E-state index < -0.39 is 26.6 Å². The van der Waals surface area contributed by atoms with Gasteiger partial charge in [-0.05, 0) is 32.9 Å². The van der Waals surface area contributed by atoms with E-state index >= 15 is 0 Å². The molecule has 21 heavy (non-hydrogen) atoms. The van der Waals surface area contributed by atoms with Crippen molar-refractivity contribution in [2.24, 2.45) is 4.99 Å². The summed E-state index contributed by atoms with van der Waals surface area (Å²) in [7, 11) is -4.43. The monoisotopic (exact) mass is 332 g/mol. The number of nitrogens with one attached hydrogen (secondary N) is 1. The van der Waals surface area contributed by atoms with Gasteiger partial charge >= 0.3 is 0 Å². The van der Waals surface area contributed by atoms with E-state index in [0.29, 0.717) is 5.71 Å². The van der Waals surface area contributed by atoms with Crippen molar-refractivity contribution in [2.75, 3.05) is 0 Å². The topological polar surface area (TPSA) is 75.6 Å². The maximum atomic E-state index is 13.6.